The maximum atomic E-state index is 6.03. The van der Waals surface area contributed by atoms with Crippen LogP contribution < -0.4 is 16.0 Å². The van der Waals surface area contributed by atoms with Crippen molar-refractivity contribution in [2.24, 2.45) is 0 Å². The van der Waals surface area contributed by atoms with E-state index in [9.17, 15) is 0 Å². The van der Waals surface area contributed by atoms with Crippen LogP contribution in [0.4, 0.5) is 17.3 Å². The molecule has 0 bridgehead atoms. The van der Waals surface area contributed by atoms with Crippen LogP contribution in [0.25, 0.3) is 5.65 Å². The van der Waals surface area contributed by atoms with Gasteiger partial charge in [-0.3, -0.25) is 0 Å². The van der Waals surface area contributed by atoms with Crippen molar-refractivity contribution in [1.82, 2.24) is 19.6 Å². The molecular weight excluding hydrogens is 414 g/mol. The average molecular weight is 427 g/mol. The number of anilines is 3. The molecule has 0 spiro atoms. The topological polar surface area (TPSA) is 79.2 Å². The van der Waals surface area contributed by atoms with Gasteiger partial charge in [0.25, 0.3) is 0 Å². The zero-order valence-corrected chi connectivity index (χ0v) is 15.7. The molecule has 0 radical (unpaired) electrons. The molecule has 1 unspecified atom stereocenters. The van der Waals surface area contributed by atoms with Crippen LogP contribution in [0.1, 0.15) is 0 Å². The van der Waals surface area contributed by atoms with Crippen molar-refractivity contribution in [2.45, 2.75) is 11.3 Å². The molecule has 24 heavy (non-hydrogen) atoms. The van der Waals surface area contributed by atoms with Gasteiger partial charge >= 0.3 is 0 Å². The summed E-state index contributed by atoms with van der Waals surface area (Å²) in [6.45, 7) is 0.615. The van der Waals surface area contributed by atoms with Gasteiger partial charge in [0.15, 0.2) is 10.8 Å². The van der Waals surface area contributed by atoms with E-state index in [0.29, 0.717) is 22.7 Å². The summed E-state index contributed by atoms with van der Waals surface area (Å²) in [5, 5.41) is 15.8. The van der Waals surface area contributed by atoms with E-state index in [1.807, 2.05) is 24.5 Å². The Hall–Kier alpha value is -1.71. The Bertz CT molecular complexity index is 916. The maximum absolute atomic E-state index is 6.03. The second-order valence-corrected chi connectivity index (χ2v) is 7.24. The molecule has 3 heterocycles. The summed E-state index contributed by atoms with van der Waals surface area (Å²) in [6.07, 6.45) is 3.68. The third-order valence-corrected chi connectivity index (χ3v) is 4.93. The number of aromatic nitrogens is 4. The quantitative estimate of drug-likeness (QED) is 0.551. The molecule has 124 valence electrons. The second kappa shape index (κ2) is 6.30. The van der Waals surface area contributed by atoms with Gasteiger partial charge in [0, 0.05) is 5.02 Å². The number of nitrogens with one attached hydrogen (secondary N) is 3. The fraction of sp³-hybridized carbons (Fsp3) is 0.214. The van der Waals surface area contributed by atoms with Crippen LogP contribution in [0.5, 0.6) is 0 Å². The van der Waals surface area contributed by atoms with Crippen LogP contribution in [0.3, 0.4) is 0 Å². The van der Waals surface area contributed by atoms with Crippen molar-refractivity contribution in [1.29, 1.82) is 0 Å². The first kappa shape index (κ1) is 15.8. The van der Waals surface area contributed by atoms with Crippen LogP contribution >= 0.6 is 39.3 Å². The lowest BCUT2D eigenvalue weighted by Gasteiger charge is -2.14. The summed E-state index contributed by atoms with van der Waals surface area (Å²) in [4.78, 5) is 8.96. The molecule has 0 amide bonds. The molecule has 4 rings (SSSR count). The van der Waals surface area contributed by atoms with Crippen molar-refractivity contribution < 1.29 is 0 Å². The molecular formula is C14H13BrClN7S. The SMILES string of the molecule is CSc1nc(NCC2Nc3ccc(Cl)cc3N2)n2ncc(Br)c2n1. The third kappa shape index (κ3) is 2.87. The molecule has 0 aliphatic carbocycles. The number of thioether (sulfide) groups is 1. The van der Waals surface area contributed by atoms with Gasteiger partial charge in [-0.15, -0.1) is 0 Å². The number of hydrogen-bond donors (Lipinski definition) is 3. The second-order valence-electron chi connectivity index (χ2n) is 5.17. The van der Waals surface area contributed by atoms with Gasteiger partial charge in [-0.2, -0.15) is 14.6 Å². The third-order valence-electron chi connectivity index (χ3n) is 3.59. The largest absolute Gasteiger partial charge is 0.362 e. The van der Waals surface area contributed by atoms with Gasteiger partial charge in [0.2, 0.25) is 5.95 Å². The summed E-state index contributed by atoms with van der Waals surface area (Å²) in [5.74, 6) is 0.646. The molecule has 1 atom stereocenters. The minimum Gasteiger partial charge on any atom is -0.362 e. The van der Waals surface area contributed by atoms with Gasteiger partial charge in [-0.05, 0) is 40.4 Å². The molecule has 3 N–H and O–H groups in total. The van der Waals surface area contributed by atoms with E-state index in [1.165, 1.54) is 11.8 Å². The molecule has 0 saturated heterocycles. The molecule has 7 nitrogen and oxygen atoms in total. The van der Waals surface area contributed by atoms with Crippen molar-refractivity contribution >= 4 is 62.3 Å². The van der Waals surface area contributed by atoms with E-state index < -0.39 is 0 Å². The molecule has 10 heteroatoms. The Morgan fingerprint density at radius 2 is 2.17 bits per heavy atom. The maximum Gasteiger partial charge on any atom is 0.228 e. The zero-order valence-electron chi connectivity index (χ0n) is 12.5. The highest BCUT2D eigenvalue weighted by molar-refractivity contribution is 9.10. The highest BCUT2D eigenvalue weighted by Gasteiger charge is 2.20. The lowest BCUT2D eigenvalue weighted by Crippen LogP contribution is -2.31. The number of rotatable bonds is 4. The predicted octanol–water partition coefficient (Wildman–Crippen LogP) is 3.54. The van der Waals surface area contributed by atoms with Crippen molar-refractivity contribution in [2.75, 3.05) is 28.8 Å². The summed E-state index contributed by atoms with van der Waals surface area (Å²) in [7, 11) is 0. The lowest BCUT2D eigenvalue weighted by molar-refractivity contribution is 0.804. The standard InChI is InChI=1S/C14H13BrClN7S/c1-24-14-21-12-8(15)5-18-23(12)13(22-14)17-6-11-19-9-3-2-7(16)4-10(9)20-11/h2-5,11,19-20H,6H2,1H3,(H,17,21,22). The Morgan fingerprint density at radius 1 is 1.33 bits per heavy atom. The van der Waals surface area contributed by atoms with Crippen molar-refractivity contribution in [3.05, 3.63) is 33.9 Å². The van der Waals surface area contributed by atoms with Gasteiger partial charge in [0.05, 0.1) is 28.6 Å². The minimum absolute atomic E-state index is 0.0280. The molecule has 2 aromatic heterocycles. The monoisotopic (exact) mass is 425 g/mol. The Labute approximate surface area is 155 Å². The van der Waals surface area contributed by atoms with Crippen molar-refractivity contribution in [3.63, 3.8) is 0 Å². The summed E-state index contributed by atoms with van der Waals surface area (Å²) < 4.78 is 2.52. The van der Waals surface area contributed by atoms with Gasteiger partial charge < -0.3 is 16.0 Å². The lowest BCUT2D eigenvalue weighted by atomic mass is 10.3. The summed E-state index contributed by atoms with van der Waals surface area (Å²) in [6, 6.07) is 5.73. The predicted molar refractivity (Wildman–Crippen MR) is 101 cm³/mol. The Morgan fingerprint density at radius 3 is 3.00 bits per heavy atom. The summed E-state index contributed by atoms with van der Waals surface area (Å²) in [5.41, 5.74) is 2.76. The number of benzene rings is 1. The van der Waals surface area contributed by atoms with Crippen LogP contribution in [-0.4, -0.2) is 38.5 Å². The fourth-order valence-corrected chi connectivity index (χ4v) is 3.38. The number of halogens is 2. The smallest absolute Gasteiger partial charge is 0.228 e. The van der Waals surface area contributed by atoms with Gasteiger partial charge in [-0.25, -0.2) is 4.98 Å². The van der Waals surface area contributed by atoms with Gasteiger partial charge in [0.1, 0.15) is 6.17 Å². The molecule has 0 fully saturated rings. The number of nitrogens with zero attached hydrogens (tertiary/aromatic N) is 4. The first-order chi connectivity index (χ1) is 11.6. The highest BCUT2D eigenvalue weighted by Crippen LogP contribution is 2.31. The zero-order chi connectivity index (χ0) is 16.7. The van der Waals surface area contributed by atoms with E-state index in [2.05, 4.69) is 46.9 Å². The van der Waals surface area contributed by atoms with E-state index in [0.717, 1.165) is 21.5 Å². The molecule has 1 aliphatic rings. The normalized spacial score (nSPS) is 15.9. The average Bonchev–Trinajstić information content (AvgIpc) is 3.15. The van der Waals surface area contributed by atoms with E-state index in [4.69, 9.17) is 11.6 Å². The molecule has 0 saturated carbocycles. The molecule has 1 aliphatic heterocycles. The first-order valence-corrected chi connectivity index (χ1v) is 9.55. The van der Waals surface area contributed by atoms with E-state index >= 15 is 0 Å². The highest BCUT2D eigenvalue weighted by atomic mass is 79.9. The van der Waals surface area contributed by atoms with Crippen LogP contribution in [-0.2, 0) is 0 Å². The van der Waals surface area contributed by atoms with E-state index in [1.54, 1.807) is 10.7 Å². The molecule has 1 aromatic carbocycles. The van der Waals surface area contributed by atoms with Crippen LogP contribution in [0.15, 0.2) is 34.0 Å². The van der Waals surface area contributed by atoms with Crippen LogP contribution in [0.2, 0.25) is 5.02 Å². The first-order valence-electron chi connectivity index (χ1n) is 7.16. The molecule has 3 aromatic rings. The van der Waals surface area contributed by atoms with Crippen molar-refractivity contribution in [3.8, 4) is 0 Å². The number of fused-ring (bicyclic) bond motifs is 2. The fourth-order valence-electron chi connectivity index (χ4n) is 2.51. The van der Waals surface area contributed by atoms with E-state index in [-0.39, 0.29) is 6.17 Å². The van der Waals surface area contributed by atoms with Crippen LogP contribution in [0, 0.1) is 0 Å². The number of hydrogen-bond acceptors (Lipinski definition) is 7. The van der Waals surface area contributed by atoms with Gasteiger partial charge in [-0.1, -0.05) is 23.4 Å². The Kier molecular flexibility index (Phi) is 4.15. The Balaban J connectivity index is 1.54. The summed E-state index contributed by atoms with van der Waals surface area (Å²) >= 11 is 11.0. The minimum atomic E-state index is 0.0280.